The fraction of sp³-hybridized carbons (Fsp3) is 0.765. The first-order valence-corrected chi connectivity index (χ1v) is 8.11. The third kappa shape index (κ3) is 5.78. The molecule has 3 heteroatoms. The molecule has 0 amide bonds. The highest BCUT2D eigenvalue weighted by Crippen LogP contribution is 2.23. The minimum atomic E-state index is 0.221. The molecule has 3 unspecified atom stereocenters. The fourth-order valence-electron chi connectivity index (χ4n) is 2.54. The SMILES string of the molecule is CCCCCC=CC(C)=CC1OC1NCC1CCOC1. The van der Waals surface area contributed by atoms with Crippen LogP contribution in [0.4, 0.5) is 0 Å². The maximum Gasteiger partial charge on any atom is 0.139 e. The lowest BCUT2D eigenvalue weighted by Gasteiger charge is -2.06. The van der Waals surface area contributed by atoms with Gasteiger partial charge in [-0.1, -0.05) is 37.5 Å². The molecule has 0 bridgehead atoms. The van der Waals surface area contributed by atoms with Gasteiger partial charge in [0.2, 0.25) is 0 Å². The van der Waals surface area contributed by atoms with Crippen LogP contribution in [0.25, 0.3) is 0 Å². The van der Waals surface area contributed by atoms with E-state index in [2.05, 4.69) is 37.4 Å². The van der Waals surface area contributed by atoms with E-state index in [4.69, 9.17) is 9.47 Å². The Morgan fingerprint density at radius 1 is 1.35 bits per heavy atom. The van der Waals surface area contributed by atoms with Crippen LogP contribution in [0.3, 0.4) is 0 Å². The third-order valence-corrected chi connectivity index (χ3v) is 3.94. The van der Waals surface area contributed by atoms with Crippen molar-refractivity contribution in [3.8, 4) is 0 Å². The van der Waals surface area contributed by atoms with Crippen LogP contribution in [0.1, 0.15) is 46.0 Å². The van der Waals surface area contributed by atoms with Crippen LogP contribution >= 0.6 is 0 Å². The van der Waals surface area contributed by atoms with Gasteiger partial charge in [0.1, 0.15) is 12.3 Å². The lowest BCUT2D eigenvalue weighted by atomic mass is 10.1. The molecule has 2 aliphatic rings. The van der Waals surface area contributed by atoms with Crippen LogP contribution in [-0.4, -0.2) is 32.1 Å². The molecular weight excluding hydrogens is 250 g/mol. The van der Waals surface area contributed by atoms with Gasteiger partial charge in [0.15, 0.2) is 0 Å². The second-order valence-corrected chi connectivity index (χ2v) is 5.97. The Balaban J connectivity index is 1.57. The van der Waals surface area contributed by atoms with Crippen LogP contribution in [-0.2, 0) is 9.47 Å². The van der Waals surface area contributed by atoms with Gasteiger partial charge in [-0.05, 0) is 38.2 Å². The molecule has 2 fully saturated rings. The average Bonchev–Trinajstić information content (AvgIpc) is 2.96. The van der Waals surface area contributed by atoms with Crippen molar-refractivity contribution in [3.63, 3.8) is 0 Å². The van der Waals surface area contributed by atoms with Crippen LogP contribution in [0.2, 0.25) is 0 Å². The molecular formula is C17H29NO2. The molecule has 3 atom stereocenters. The van der Waals surface area contributed by atoms with Crippen LogP contribution < -0.4 is 5.32 Å². The Morgan fingerprint density at radius 2 is 2.25 bits per heavy atom. The molecule has 0 aromatic rings. The predicted molar refractivity (Wildman–Crippen MR) is 82.6 cm³/mol. The number of hydrogen-bond acceptors (Lipinski definition) is 3. The molecule has 114 valence electrons. The van der Waals surface area contributed by atoms with Gasteiger partial charge >= 0.3 is 0 Å². The lowest BCUT2D eigenvalue weighted by molar-refractivity contribution is 0.184. The standard InChI is InChI=1S/C17H29NO2/c1-3-4-5-6-7-8-14(2)11-16-17(20-16)18-12-15-9-10-19-13-15/h7-8,11,15-18H,3-6,9-10,12-13H2,1-2H3. The molecule has 2 heterocycles. The van der Waals surface area contributed by atoms with E-state index in [9.17, 15) is 0 Å². The monoisotopic (exact) mass is 279 g/mol. The summed E-state index contributed by atoms with van der Waals surface area (Å²) in [6, 6.07) is 0. The van der Waals surface area contributed by atoms with Crippen molar-refractivity contribution in [1.29, 1.82) is 0 Å². The van der Waals surface area contributed by atoms with E-state index < -0.39 is 0 Å². The molecule has 0 aromatic heterocycles. The highest BCUT2D eigenvalue weighted by Gasteiger charge is 2.36. The highest BCUT2D eigenvalue weighted by molar-refractivity contribution is 5.20. The van der Waals surface area contributed by atoms with E-state index in [1.807, 2.05) is 0 Å². The third-order valence-electron chi connectivity index (χ3n) is 3.94. The molecule has 2 saturated heterocycles. The topological polar surface area (TPSA) is 33.8 Å². The minimum Gasteiger partial charge on any atom is -0.381 e. The fourth-order valence-corrected chi connectivity index (χ4v) is 2.54. The molecule has 0 aliphatic carbocycles. The van der Waals surface area contributed by atoms with E-state index >= 15 is 0 Å². The smallest absolute Gasteiger partial charge is 0.139 e. The number of ether oxygens (including phenoxy) is 2. The summed E-state index contributed by atoms with van der Waals surface area (Å²) < 4.78 is 11.0. The first-order chi connectivity index (χ1) is 9.79. The summed E-state index contributed by atoms with van der Waals surface area (Å²) in [5, 5.41) is 3.47. The number of epoxide rings is 1. The Bertz CT molecular complexity index is 332. The molecule has 0 aromatic carbocycles. The summed E-state index contributed by atoms with van der Waals surface area (Å²) in [6.45, 7) is 7.23. The van der Waals surface area contributed by atoms with E-state index in [1.165, 1.54) is 37.7 Å². The number of allylic oxidation sites excluding steroid dienone is 3. The van der Waals surface area contributed by atoms with Crippen molar-refractivity contribution in [2.24, 2.45) is 5.92 Å². The molecule has 20 heavy (non-hydrogen) atoms. The summed E-state index contributed by atoms with van der Waals surface area (Å²) in [5.41, 5.74) is 1.31. The summed E-state index contributed by atoms with van der Waals surface area (Å²) in [4.78, 5) is 0. The van der Waals surface area contributed by atoms with Gasteiger partial charge in [-0.2, -0.15) is 0 Å². The van der Waals surface area contributed by atoms with Crippen molar-refractivity contribution in [2.75, 3.05) is 19.8 Å². The number of hydrogen-bond donors (Lipinski definition) is 1. The number of rotatable bonds is 9. The quantitative estimate of drug-likeness (QED) is 0.399. The summed E-state index contributed by atoms with van der Waals surface area (Å²) >= 11 is 0. The number of unbranched alkanes of at least 4 members (excludes halogenated alkanes) is 3. The molecule has 0 saturated carbocycles. The maximum atomic E-state index is 5.63. The molecule has 0 radical (unpaired) electrons. The molecule has 2 aliphatic heterocycles. The Morgan fingerprint density at radius 3 is 3.00 bits per heavy atom. The van der Waals surface area contributed by atoms with Crippen molar-refractivity contribution in [1.82, 2.24) is 5.32 Å². The number of nitrogens with one attached hydrogen (secondary N) is 1. The second kappa shape index (κ2) is 8.60. The molecule has 0 spiro atoms. The minimum absolute atomic E-state index is 0.221. The summed E-state index contributed by atoms with van der Waals surface area (Å²) in [7, 11) is 0. The lowest BCUT2D eigenvalue weighted by Crippen LogP contribution is -2.26. The van der Waals surface area contributed by atoms with Gasteiger partial charge in [-0.15, -0.1) is 0 Å². The zero-order valence-corrected chi connectivity index (χ0v) is 12.9. The summed E-state index contributed by atoms with van der Waals surface area (Å²) in [6.07, 6.45) is 13.5. The van der Waals surface area contributed by atoms with E-state index in [0.29, 0.717) is 5.92 Å². The van der Waals surface area contributed by atoms with Gasteiger partial charge in [0.25, 0.3) is 0 Å². The molecule has 2 rings (SSSR count). The van der Waals surface area contributed by atoms with Gasteiger partial charge < -0.3 is 9.47 Å². The molecule has 3 nitrogen and oxygen atoms in total. The highest BCUT2D eigenvalue weighted by atomic mass is 16.6. The van der Waals surface area contributed by atoms with Gasteiger partial charge in [-0.25, -0.2) is 0 Å². The maximum absolute atomic E-state index is 5.63. The van der Waals surface area contributed by atoms with Crippen LogP contribution in [0.15, 0.2) is 23.8 Å². The van der Waals surface area contributed by atoms with Crippen LogP contribution in [0, 0.1) is 5.92 Å². The first kappa shape index (κ1) is 15.7. The van der Waals surface area contributed by atoms with Gasteiger partial charge in [0.05, 0.1) is 6.61 Å². The van der Waals surface area contributed by atoms with Crippen LogP contribution in [0.5, 0.6) is 0 Å². The predicted octanol–water partition coefficient (Wildman–Crippen LogP) is 3.42. The summed E-state index contributed by atoms with van der Waals surface area (Å²) in [5.74, 6) is 0.670. The second-order valence-electron chi connectivity index (χ2n) is 5.97. The van der Waals surface area contributed by atoms with Crippen molar-refractivity contribution >= 4 is 0 Å². The zero-order chi connectivity index (χ0) is 14.2. The van der Waals surface area contributed by atoms with Crippen molar-refractivity contribution in [2.45, 2.75) is 58.3 Å². The zero-order valence-electron chi connectivity index (χ0n) is 12.9. The average molecular weight is 279 g/mol. The Hall–Kier alpha value is -0.640. The van der Waals surface area contributed by atoms with E-state index in [-0.39, 0.29) is 12.3 Å². The van der Waals surface area contributed by atoms with E-state index in [0.717, 1.165) is 19.8 Å². The van der Waals surface area contributed by atoms with E-state index in [1.54, 1.807) is 0 Å². The normalized spacial score (nSPS) is 30.3. The van der Waals surface area contributed by atoms with Crippen molar-refractivity contribution in [3.05, 3.63) is 23.8 Å². The van der Waals surface area contributed by atoms with Gasteiger partial charge in [-0.3, -0.25) is 5.32 Å². The van der Waals surface area contributed by atoms with Gasteiger partial charge in [0, 0.05) is 13.2 Å². The Kier molecular flexibility index (Phi) is 6.77. The first-order valence-electron chi connectivity index (χ1n) is 8.11. The Labute approximate surface area is 123 Å². The largest absolute Gasteiger partial charge is 0.381 e. The molecule has 1 N–H and O–H groups in total. The van der Waals surface area contributed by atoms with Crippen molar-refractivity contribution < 1.29 is 9.47 Å².